The van der Waals surface area contributed by atoms with Crippen LogP contribution >= 0.6 is 0 Å². The largest absolute Gasteiger partial charge is 0.478 e. The highest BCUT2D eigenvalue weighted by Gasteiger charge is 2.08. The van der Waals surface area contributed by atoms with Crippen LogP contribution in [-0.4, -0.2) is 27.8 Å². The number of nitrogens with two attached hydrogens (primary N) is 1. The molecule has 0 saturated carbocycles. The molecular weight excluding hydrogens is 248 g/mol. The average molecular weight is 262 g/mol. The van der Waals surface area contributed by atoms with Gasteiger partial charge in [0.1, 0.15) is 0 Å². The molecule has 1 aromatic heterocycles. The van der Waals surface area contributed by atoms with Gasteiger partial charge in [-0.1, -0.05) is 5.16 Å². The van der Waals surface area contributed by atoms with E-state index in [1.165, 1.54) is 6.07 Å². The molecule has 0 amide bonds. The molecule has 1 aromatic carbocycles. The van der Waals surface area contributed by atoms with Gasteiger partial charge in [-0.2, -0.15) is 4.98 Å². The first-order valence-electron chi connectivity index (χ1n) is 5.72. The minimum absolute atomic E-state index is 0.0954. The number of carbonyl (C=O) groups is 1. The first-order valence-corrected chi connectivity index (χ1v) is 5.72. The summed E-state index contributed by atoms with van der Waals surface area (Å²) in [6.07, 6.45) is 0.585. The van der Waals surface area contributed by atoms with E-state index in [4.69, 9.17) is 15.4 Å². The van der Waals surface area contributed by atoms with E-state index in [1.807, 2.05) is 0 Å². The number of carboxylic acid groups (broad SMARTS) is 1. The molecule has 0 aliphatic carbocycles. The summed E-state index contributed by atoms with van der Waals surface area (Å²) in [5.41, 5.74) is 6.72. The third kappa shape index (κ3) is 3.21. The first kappa shape index (κ1) is 12.9. The highest BCUT2D eigenvalue weighted by molar-refractivity contribution is 5.94. The maximum Gasteiger partial charge on any atom is 0.337 e. The maximum atomic E-state index is 10.8. The predicted octanol–water partition coefficient (Wildman–Crippen LogP) is 1.31. The minimum Gasteiger partial charge on any atom is -0.478 e. The number of carboxylic acids is 1. The second-order valence-electron chi connectivity index (χ2n) is 4.02. The molecule has 0 fully saturated rings. The first-order chi connectivity index (χ1) is 9.06. The Morgan fingerprint density at radius 3 is 2.89 bits per heavy atom. The zero-order valence-electron chi connectivity index (χ0n) is 10.4. The van der Waals surface area contributed by atoms with Crippen molar-refractivity contribution in [3.8, 4) is 0 Å². The van der Waals surface area contributed by atoms with Gasteiger partial charge in [-0.05, 0) is 25.1 Å². The smallest absolute Gasteiger partial charge is 0.337 e. The summed E-state index contributed by atoms with van der Waals surface area (Å²) in [7, 11) is 0. The molecule has 0 aliphatic heterocycles. The summed E-state index contributed by atoms with van der Waals surface area (Å²) in [5, 5.41) is 15.7. The summed E-state index contributed by atoms with van der Waals surface area (Å²) in [6.45, 7) is 2.35. The van der Waals surface area contributed by atoms with Crippen molar-refractivity contribution in [1.29, 1.82) is 0 Å². The van der Waals surface area contributed by atoms with Crippen LogP contribution in [0.25, 0.3) is 0 Å². The summed E-state index contributed by atoms with van der Waals surface area (Å²) >= 11 is 0. The molecule has 0 unspecified atom stereocenters. The molecule has 0 radical (unpaired) electrons. The van der Waals surface area contributed by atoms with E-state index in [9.17, 15) is 4.79 Å². The van der Waals surface area contributed by atoms with Crippen molar-refractivity contribution in [1.82, 2.24) is 10.1 Å². The Bertz CT molecular complexity index is 594. The monoisotopic (exact) mass is 262 g/mol. The molecule has 2 rings (SSSR count). The standard InChI is InChI=1S/C12H14N4O3/c1-7-15-11(19-16-7)4-5-14-8-2-3-9(12(17)18)10(13)6-8/h2-3,6,14H,4-5,13H2,1H3,(H,17,18). The van der Waals surface area contributed by atoms with Crippen molar-refractivity contribution in [3.05, 3.63) is 35.5 Å². The average Bonchev–Trinajstić information content (AvgIpc) is 2.75. The van der Waals surface area contributed by atoms with Gasteiger partial charge < -0.3 is 20.7 Å². The van der Waals surface area contributed by atoms with Gasteiger partial charge in [0.2, 0.25) is 5.89 Å². The molecule has 2 aromatic rings. The molecule has 0 bridgehead atoms. The van der Waals surface area contributed by atoms with Gasteiger partial charge in [-0.25, -0.2) is 4.79 Å². The molecule has 0 atom stereocenters. The number of nitrogen functional groups attached to an aromatic ring is 1. The number of anilines is 2. The van der Waals surface area contributed by atoms with Gasteiger partial charge in [0.05, 0.1) is 5.56 Å². The van der Waals surface area contributed by atoms with Gasteiger partial charge in [0.15, 0.2) is 5.82 Å². The highest BCUT2D eigenvalue weighted by atomic mass is 16.5. The van der Waals surface area contributed by atoms with Crippen molar-refractivity contribution in [3.63, 3.8) is 0 Å². The number of aryl methyl sites for hydroxylation is 1. The van der Waals surface area contributed by atoms with Crippen LogP contribution < -0.4 is 11.1 Å². The van der Waals surface area contributed by atoms with Crippen LogP contribution in [-0.2, 0) is 6.42 Å². The summed E-state index contributed by atoms with van der Waals surface area (Å²) in [6, 6.07) is 4.72. The number of hydrogen-bond acceptors (Lipinski definition) is 6. The molecule has 19 heavy (non-hydrogen) atoms. The van der Waals surface area contributed by atoms with E-state index in [1.54, 1.807) is 19.1 Å². The molecule has 0 saturated heterocycles. The fourth-order valence-electron chi connectivity index (χ4n) is 1.62. The SMILES string of the molecule is Cc1noc(CCNc2ccc(C(=O)O)c(N)c2)n1. The number of rotatable bonds is 5. The summed E-state index contributed by atoms with van der Waals surface area (Å²) in [4.78, 5) is 14.9. The van der Waals surface area contributed by atoms with Crippen molar-refractivity contribution < 1.29 is 14.4 Å². The van der Waals surface area contributed by atoms with Gasteiger partial charge in [-0.15, -0.1) is 0 Å². The Kier molecular flexibility index (Phi) is 3.65. The Labute approximate surface area is 109 Å². The van der Waals surface area contributed by atoms with Crippen LogP contribution in [0.3, 0.4) is 0 Å². The number of benzene rings is 1. The Hall–Kier alpha value is -2.57. The summed E-state index contributed by atoms with van der Waals surface area (Å²) < 4.78 is 4.97. The van der Waals surface area contributed by atoms with Crippen molar-refractivity contribution in [2.75, 3.05) is 17.6 Å². The number of nitrogens with one attached hydrogen (secondary N) is 1. The maximum absolute atomic E-state index is 10.8. The van der Waals surface area contributed by atoms with E-state index in [-0.39, 0.29) is 11.3 Å². The van der Waals surface area contributed by atoms with E-state index in [0.717, 1.165) is 5.69 Å². The van der Waals surface area contributed by atoms with Gasteiger partial charge >= 0.3 is 5.97 Å². The normalized spacial score (nSPS) is 10.4. The lowest BCUT2D eigenvalue weighted by Crippen LogP contribution is -2.07. The Morgan fingerprint density at radius 1 is 1.53 bits per heavy atom. The fourth-order valence-corrected chi connectivity index (χ4v) is 1.62. The molecule has 1 heterocycles. The lowest BCUT2D eigenvalue weighted by molar-refractivity contribution is 0.0698. The Balaban J connectivity index is 1.93. The van der Waals surface area contributed by atoms with Crippen molar-refractivity contribution in [2.45, 2.75) is 13.3 Å². The number of aromatic carboxylic acids is 1. The third-order valence-corrected chi connectivity index (χ3v) is 2.52. The Morgan fingerprint density at radius 2 is 2.32 bits per heavy atom. The quantitative estimate of drug-likeness (QED) is 0.696. The van der Waals surface area contributed by atoms with Gasteiger partial charge in [0, 0.05) is 24.3 Å². The molecule has 100 valence electrons. The van der Waals surface area contributed by atoms with Crippen LogP contribution in [0.15, 0.2) is 22.7 Å². The van der Waals surface area contributed by atoms with E-state index >= 15 is 0 Å². The second-order valence-corrected chi connectivity index (χ2v) is 4.02. The van der Waals surface area contributed by atoms with E-state index in [0.29, 0.717) is 24.7 Å². The van der Waals surface area contributed by atoms with E-state index < -0.39 is 5.97 Å². The van der Waals surface area contributed by atoms with Gasteiger partial charge in [-0.3, -0.25) is 0 Å². The second kappa shape index (κ2) is 5.38. The minimum atomic E-state index is -1.04. The molecule has 0 aliphatic rings. The molecule has 0 spiro atoms. The van der Waals surface area contributed by atoms with Gasteiger partial charge in [0.25, 0.3) is 0 Å². The lowest BCUT2D eigenvalue weighted by atomic mass is 10.1. The lowest BCUT2D eigenvalue weighted by Gasteiger charge is -2.07. The molecule has 7 heteroatoms. The molecule has 4 N–H and O–H groups in total. The topological polar surface area (TPSA) is 114 Å². The van der Waals surface area contributed by atoms with Crippen molar-refractivity contribution in [2.24, 2.45) is 0 Å². The zero-order valence-corrected chi connectivity index (χ0v) is 10.4. The van der Waals surface area contributed by atoms with Crippen LogP contribution in [0.1, 0.15) is 22.1 Å². The fraction of sp³-hybridized carbons (Fsp3) is 0.250. The predicted molar refractivity (Wildman–Crippen MR) is 69.0 cm³/mol. The highest BCUT2D eigenvalue weighted by Crippen LogP contribution is 2.17. The van der Waals surface area contributed by atoms with Crippen LogP contribution in [0, 0.1) is 6.92 Å². The molecule has 7 nitrogen and oxygen atoms in total. The van der Waals surface area contributed by atoms with Crippen LogP contribution in [0.4, 0.5) is 11.4 Å². The number of nitrogens with zero attached hydrogens (tertiary/aromatic N) is 2. The number of aromatic nitrogens is 2. The molecular formula is C12H14N4O3. The van der Waals surface area contributed by atoms with Crippen LogP contribution in [0.2, 0.25) is 0 Å². The van der Waals surface area contributed by atoms with Crippen molar-refractivity contribution >= 4 is 17.3 Å². The zero-order chi connectivity index (χ0) is 13.8. The summed E-state index contributed by atoms with van der Waals surface area (Å²) in [5.74, 6) is 0.121. The third-order valence-electron chi connectivity index (χ3n) is 2.52. The number of hydrogen-bond donors (Lipinski definition) is 3. The van der Waals surface area contributed by atoms with Crippen LogP contribution in [0.5, 0.6) is 0 Å². The van der Waals surface area contributed by atoms with E-state index in [2.05, 4.69) is 15.5 Å².